The lowest BCUT2D eigenvalue weighted by Crippen LogP contribution is -2.51. The van der Waals surface area contributed by atoms with E-state index in [1.54, 1.807) is 18.5 Å². The Balaban J connectivity index is 1.46. The van der Waals surface area contributed by atoms with Crippen LogP contribution in [0.1, 0.15) is 88.6 Å². The van der Waals surface area contributed by atoms with E-state index in [-0.39, 0.29) is 11.8 Å². The second-order valence-electron chi connectivity index (χ2n) is 11.6. The first kappa shape index (κ1) is 28.4. The summed E-state index contributed by atoms with van der Waals surface area (Å²) in [6, 6.07) is 3.30. The second-order valence-corrected chi connectivity index (χ2v) is 11.6. The fourth-order valence-corrected chi connectivity index (χ4v) is 6.07. The number of rotatable bonds is 13. The highest BCUT2D eigenvalue weighted by Crippen LogP contribution is 2.36. The van der Waals surface area contributed by atoms with Crippen molar-refractivity contribution in [3.05, 3.63) is 54.9 Å². The highest BCUT2D eigenvalue weighted by Gasteiger charge is 2.40. The Morgan fingerprint density at radius 1 is 1.20 bits per heavy atom. The number of nitrogens with one attached hydrogen (secondary N) is 1. The lowest BCUT2D eigenvalue weighted by Gasteiger charge is -2.33. The normalized spacial score (nSPS) is 19.2. The van der Waals surface area contributed by atoms with Gasteiger partial charge in [-0.05, 0) is 56.1 Å². The summed E-state index contributed by atoms with van der Waals surface area (Å²) in [6.45, 7) is 6.00. The SMILES string of the molecule is C=CC[C@@H](C(=O)N[C@@H](CC1CCCCC1)[C@@H](O)[C@@H](O)C1CC1)c1nnc2c(CCC)nc(-c3cccnc3)cn12. The van der Waals surface area contributed by atoms with Crippen LogP contribution >= 0.6 is 0 Å². The van der Waals surface area contributed by atoms with Gasteiger partial charge in [-0.2, -0.15) is 0 Å². The van der Waals surface area contributed by atoms with Crippen LogP contribution in [0.25, 0.3) is 16.9 Å². The van der Waals surface area contributed by atoms with Crippen LogP contribution in [0.2, 0.25) is 0 Å². The maximum atomic E-state index is 13.9. The molecule has 214 valence electrons. The van der Waals surface area contributed by atoms with Gasteiger partial charge in [0.1, 0.15) is 17.8 Å². The van der Waals surface area contributed by atoms with Crippen LogP contribution in [0.4, 0.5) is 0 Å². The topological polar surface area (TPSA) is 126 Å². The lowest BCUT2D eigenvalue weighted by molar-refractivity contribution is -0.125. The number of pyridine rings is 1. The molecule has 3 aromatic rings. The van der Waals surface area contributed by atoms with Crippen molar-refractivity contribution in [2.24, 2.45) is 11.8 Å². The maximum absolute atomic E-state index is 13.9. The number of carbonyl (C=O) groups is 1. The van der Waals surface area contributed by atoms with Gasteiger partial charge in [-0.25, -0.2) is 4.98 Å². The summed E-state index contributed by atoms with van der Waals surface area (Å²) in [7, 11) is 0. The van der Waals surface area contributed by atoms with Gasteiger partial charge in [0.15, 0.2) is 5.65 Å². The maximum Gasteiger partial charge on any atom is 0.231 e. The monoisotopic (exact) mass is 546 g/mol. The van der Waals surface area contributed by atoms with Crippen LogP contribution in [-0.4, -0.2) is 58.9 Å². The van der Waals surface area contributed by atoms with Gasteiger partial charge in [0.2, 0.25) is 5.91 Å². The molecule has 0 aliphatic heterocycles. The van der Waals surface area contributed by atoms with Crippen molar-refractivity contribution in [2.75, 3.05) is 0 Å². The molecule has 9 nitrogen and oxygen atoms in total. The summed E-state index contributed by atoms with van der Waals surface area (Å²) < 4.78 is 1.87. The molecule has 9 heteroatoms. The standard InChI is InChI=1S/C31H42N6O3/c1-3-9-23(31(40)34-25(17-20-11-6-5-7-12-20)28(39)27(38)21-14-15-21)29-35-36-30-24(10-4-2)33-26(19-37(29)30)22-13-8-16-32-18-22/h3,8,13,16,18-21,23,25,27-28,38-39H,1,4-7,9-12,14-15,17H2,2H3,(H,34,40)/t23-,25+,27+,28-/m1/s1. The van der Waals surface area contributed by atoms with Gasteiger partial charge in [0.05, 0.1) is 23.5 Å². The van der Waals surface area contributed by atoms with E-state index in [0.29, 0.717) is 30.2 Å². The number of fused-ring (bicyclic) bond motifs is 1. The van der Waals surface area contributed by atoms with Gasteiger partial charge in [0.25, 0.3) is 0 Å². The molecule has 0 saturated heterocycles. The number of aliphatic hydroxyl groups is 2. The van der Waals surface area contributed by atoms with E-state index in [4.69, 9.17) is 4.98 Å². The van der Waals surface area contributed by atoms with Gasteiger partial charge in [-0.15, -0.1) is 16.8 Å². The first-order chi connectivity index (χ1) is 19.5. The molecule has 0 spiro atoms. The zero-order valence-corrected chi connectivity index (χ0v) is 23.5. The zero-order chi connectivity index (χ0) is 28.1. The van der Waals surface area contributed by atoms with Gasteiger partial charge >= 0.3 is 0 Å². The molecule has 2 fully saturated rings. The summed E-state index contributed by atoms with van der Waals surface area (Å²) >= 11 is 0. The summed E-state index contributed by atoms with van der Waals surface area (Å²) in [5.74, 6) is 0.141. The fourth-order valence-electron chi connectivity index (χ4n) is 6.07. The number of hydrogen-bond donors (Lipinski definition) is 3. The number of carbonyl (C=O) groups excluding carboxylic acids is 1. The molecule has 4 atom stereocenters. The molecule has 3 N–H and O–H groups in total. The Morgan fingerprint density at radius 3 is 2.67 bits per heavy atom. The number of allylic oxidation sites excluding steroid dienone is 1. The minimum absolute atomic E-state index is 0.112. The Hall–Kier alpha value is -3.17. The van der Waals surface area contributed by atoms with Crippen LogP contribution in [0.15, 0.2) is 43.4 Å². The van der Waals surface area contributed by atoms with E-state index in [2.05, 4.69) is 34.0 Å². The average molecular weight is 547 g/mol. The van der Waals surface area contributed by atoms with Crippen molar-refractivity contribution in [1.82, 2.24) is 29.9 Å². The van der Waals surface area contributed by atoms with Crippen molar-refractivity contribution in [3.8, 4) is 11.3 Å². The Kier molecular flexibility index (Phi) is 9.22. The number of nitrogens with zero attached hydrogens (tertiary/aromatic N) is 5. The van der Waals surface area contributed by atoms with Crippen LogP contribution in [0.5, 0.6) is 0 Å². The molecule has 0 radical (unpaired) electrons. The summed E-state index contributed by atoms with van der Waals surface area (Å²) in [5.41, 5.74) is 3.06. The van der Waals surface area contributed by atoms with E-state index in [1.807, 2.05) is 22.7 Å². The third kappa shape index (κ3) is 6.41. The number of aromatic nitrogens is 5. The lowest BCUT2D eigenvalue weighted by atomic mass is 9.82. The van der Waals surface area contributed by atoms with E-state index < -0.39 is 24.2 Å². The fraction of sp³-hybridized carbons (Fsp3) is 0.581. The van der Waals surface area contributed by atoms with Crippen molar-refractivity contribution in [3.63, 3.8) is 0 Å². The molecule has 2 saturated carbocycles. The summed E-state index contributed by atoms with van der Waals surface area (Å²) in [4.78, 5) is 23.1. The number of amides is 1. The largest absolute Gasteiger partial charge is 0.390 e. The molecule has 5 rings (SSSR count). The third-order valence-electron chi connectivity index (χ3n) is 8.47. The van der Waals surface area contributed by atoms with E-state index in [9.17, 15) is 15.0 Å². The molecule has 0 bridgehead atoms. The van der Waals surface area contributed by atoms with E-state index in [1.165, 1.54) is 19.3 Å². The summed E-state index contributed by atoms with van der Waals surface area (Å²) in [6.07, 6.45) is 15.5. The van der Waals surface area contributed by atoms with E-state index in [0.717, 1.165) is 55.5 Å². The smallest absolute Gasteiger partial charge is 0.231 e. The highest BCUT2D eigenvalue weighted by atomic mass is 16.3. The number of aryl methyl sites for hydroxylation is 1. The molecule has 1 amide bonds. The van der Waals surface area contributed by atoms with Crippen LogP contribution in [0, 0.1) is 11.8 Å². The van der Waals surface area contributed by atoms with Crippen LogP contribution in [0.3, 0.4) is 0 Å². The van der Waals surface area contributed by atoms with Crippen molar-refractivity contribution < 1.29 is 15.0 Å². The van der Waals surface area contributed by atoms with E-state index >= 15 is 0 Å². The molecular formula is C31H42N6O3. The molecule has 3 heterocycles. The molecule has 2 aliphatic rings. The molecular weight excluding hydrogens is 504 g/mol. The van der Waals surface area contributed by atoms with Gasteiger partial charge in [-0.1, -0.05) is 51.5 Å². The second kappa shape index (κ2) is 13.0. The van der Waals surface area contributed by atoms with Crippen molar-refractivity contribution in [2.45, 2.75) is 102 Å². The first-order valence-corrected chi connectivity index (χ1v) is 14.9. The van der Waals surface area contributed by atoms with Gasteiger partial charge in [0, 0.05) is 24.2 Å². The Morgan fingerprint density at radius 2 is 2.00 bits per heavy atom. The number of hydrogen-bond acceptors (Lipinski definition) is 7. The van der Waals surface area contributed by atoms with Gasteiger partial charge < -0.3 is 15.5 Å². The number of aliphatic hydroxyl groups excluding tert-OH is 2. The highest BCUT2D eigenvalue weighted by molar-refractivity contribution is 5.83. The van der Waals surface area contributed by atoms with Crippen LogP contribution < -0.4 is 5.32 Å². The van der Waals surface area contributed by atoms with Crippen molar-refractivity contribution in [1.29, 1.82) is 0 Å². The average Bonchev–Trinajstić information content (AvgIpc) is 3.75. The predicted octanol–water partition coefficient (Wildman–Crippen LogP) is 4.39. The summed E-state index contributed by atoms with van der Waals surface area (Å²) in [5, 5.41) is 34.1. The third-order valence-corrected chi connectivity index (χ3v) is 8.47. The molecule has 3 aromatic heterocycles. The van der Waals surface area contributed by atoms with Gasteiger partial charge in [-0.3, -0.25) is 14.2 Å². The quantitative estimate of drug-likeness (QED) is 0.272. The minimum Gasteiger partial charge on any atom is -0.390 e. The Labute approximate surface area is 236 Å². The Bertz CT molecular complexity index is 1280. The molecule has 0 aromatic carbocycles. The minimum atomic E-state index is -1.00. The first-order valence-electron chi connectivity index (χ1n) is 14.9. The van der Waals surface area contributed by atoms with Crippen molar-refractivity contribution >= 4 is 11.6 Å². The van der Waals surface area contributed by atoms with Crippen LogP contribution in [-0.2, 0) is 11.2 Å². The molecule has 40 heavy (non-hydrogen) atoms. The molecule has 2 aliphatic carbocycles. The zero-order valence-electron chi connectivity index (χ0n) is 23.5. The molecule has 0 unspecified atom stereocenters. The predicted molar refractivity (Wildman–Crippen MR) is 153 cm³/mol.